The van der Waals surface area contributed by atoms with E-state index in [2.05, 4.69) is 0 Å². The molecule has 0 heterocycles. The van der Waals surface area contributed by atoms with Gasteiger partial charge < -0.3 is 10.5 Å². The lowest BCUT2D eigenvalue weighted by atomic mass is 10.1. The molecule has 0 saturated heterocycles. The molecule has 0 spiro atoms. The Hall–Kier alpha value is -0.570. The first-order chi connectivity index (χ1) is 5.74. The van der Waals surface area contributed by atoms with Crippen LogP contribution < -0.4 is 5.73 Å². The third-order valence-electron chi connectivity index (χ3n) is 1.64. The second-order valence-corrected chi connectivity index (χ2v) is 3.05. The summed E-state index contributed by atoms with van der Waals surface area (Å²) in [7, 11) is 1.63. The summed E-state index contributed by atoms with van der Waals surface area (Å²) in [6.45, 7) is 0.529. The predicted octanol–water partition coefficient (Wildman–Crippen LogP) is 1.99. The van der Waals surface area contributed by atoms with Crippen molar-refractivity contribution in [2.45, 2.75) is 6.04 Å². The van der Waals surface area contributed by atoms with E-state index < -0.39 is 0 Å². The van der Waals surface area contributed by atoms with E-state index in [1.54, 1.807) is 7.11 Å². The van der Waals surface area contributed by atoms with Gasteiger partial charge in [-0.3, -0.25) is 0 Å². The quantitative estimate of drug-likeness (QED) is 0.782. The maximum atomic E-state index is 5.79. The summed E-state index contributed by atoms with van der Waals surface area (Å²) < 4.78 is 4.93. The summed E-state index contributed by atoms with van der Waals surface area (Å²) in [6, 6.07) is 7.41. The molecule has 1 aromatic carbocycles. The molecule has 0 aromatic heterocycles. The van der Waals surface area contributed by atoms with E-state index in [0.29, 0.717) is 6.61 Å². The maximum Gasteiger partial charge on any atom is 0.0655 e. The molecule has 66 valence electrons. The van der Waals surface area contributed by atoms with Crippen LogP contribution in [-0.4, -0.2) is 13.7 Å². The van der Waals surface area contributed by atoms with Crippen LogP contribution in [0.5, 0.6) is 0 Å². The highest BCUT2D eigenvalue weighted by molar-refractivity contribution is 6.30. The number of methoxy groups -OCH3 is 1. The monoisotopic (exact) mass is 185 g/mol. The Morgan fingerprint density at radius 2 is 2.00 bits per heavy atom. The average molecular weight is 186 g/mol. The molecule has 2 nitrogen and oxygen atoms in total. The van der Waals surface area contributed by atoms with Crippen LogP contribution in [-0.2, 0) is 4.74 Å². The molecule has 2 N–H and O–H groups in total. The highest BCUT2D eigenvalue weighted by Gasteiger charge is 2.03. The largest absolute Gasteiger partial charge is 0.383 e. The first kappa shape index (κ1) is 9.52. The Bertz CT molecular complexity index is 235. The van der Waals surface area contributed by atoms with Crippen molar-refractivity contribution in [2.24, 2.45) is 5.73 Å². The first-order valence-electron chi connectivity index (χ1n) is 3.74. The Labute approximate surface area is 77.3 Å². The highest BCUT2D eigenvalue weighted by Crippen LogP contribution is 2.14. The van der Waals surface area contributed by atoms with Gasteiger partial charge in [0.1, 0.15) is 0 Å². The Balaban J connectivity index is 2.68. The minimum Gasteiger partial charge on any atom is -0.383 e. The fourth-order valence-electron chi connectivity index (χ4n) is 0.986. The molecule has 12 heavy (non-hydrogen) atoms. The molecule has 0 bridgehead atoms. The fraction of sp³-hybridized carbons (Fsp3) is 0.333. The second-order valence-electron chi connectivity index (χ2n) is 2.61. The molecule has 1 atom stereocenters. The lowest BCUT2D eigenvalue weighted by Gasteiger charge is -2.09. The number of benzene rings is 1. The molecule has 0 fully saturated rings. The van der Waals surface area contributed by atoms with Crippen LogP contribution in [0.15, 0.2) is 24.3 Å². The molecular weight excluding hydrogens is 174 g/mol. The van der Waals surface area contributed by atoms with Gasteiger partial charge in [-0.1, -0.05) is 23.7 Å². The number of hydrogen-bond acceptors (Lipinski definition) is 2. The SMILES string of the molecule is COCC(N)c1ccc(Cl)cc1. The Kier molecular flexibility index (Phi) is 3.53. The van der Waals surface area contributed by atoms with E-state index in [1.807, 2.05) is 24.3 Å². The summed E-state index contributed by atoms with van der Waals surface area (Å²) >= 11 is 5.72. The molecule has 0 aliphatic heterocycles. The summed E-state index contributed by atoms with van der Waals surface area (Å²) in [5.74, 6) is 0. The number of ether oxygens (including phenoxy) is 1. The molecule has 1 unspecified atom stereocenters. The normalized spacial score (nSPS) is 12.9. The molecule has 0 amide bonds. The van der Waals surface area contributed by atoms with E-state index in [9.17, 15) is 0 Å². The zero-order valence-electron chi connectivity index (χ0n) is 6.96. The summed E-state index contributed by atoms with van der Waals surface area (Å²) in [6.07, 6.45) is 0. The standard InChI is InChI=1S/C9H12ClNO/c1-12-6-9(11)7-2-4-8(10)5-3-7/h2-5,9H,6,11H2,1H3. The fourth-order valence-corrected chi connectivity index (χ4v) is 1.11. The van der Waals surface area contributed by atoms with E-state index in [4.69, 9.17) is 22.1 Å². The average Bonchev–Trinajstić information content (AvgIpc) is 2.06. The third kappa shape index (κ3) is 2.48. The first-order valence-corrected chi connectivity index (χ1v) is 4.12. The molecular formula is C9H12ClNO. The van der Waals surface area contributed by atoms with E-state index in [0.717, 1.165) is 10.6 Å². The molecule has 0 saturated carbocycles. The Morgan fingerprint density at radius 3 is 2.50 bits per heavy atom. The number of hydrogen-bond donors (Lipinski definition) is 1. The highest BCUT2D eigenvalue weighted by atomic mass is 35.5. The zero-order valence-corrected chi connectivity index (χ0v) is 7.71. The minimum absolute atomic E-state index is 0.0627. The molecule has 0 radical (unpaired) electrons. The van der Waals surface area contributed by atoms with Crippen LogP contribution in [0.2, 0.25) is 5.02 Å². The van der Waals surface area contributed by atoms with Gasteiger partial charge in [-0.25, -0.2) is 0 Å². The van der Waals surface area contributed by atoms with Crippen LogP contribution in [0.1, 0.15) is 11.6 Å². The van der Waals surface area contributed by atoms with Gasteiger partial charge in [0.2, 0.25) is 0 Å². The van der Waals surface area contributed by atoms with Gasteiger partial charge in [0.05, 0.1) is 12.6 Å². The number of rotatable bonds is 3. The Morgan fingerprint density at radius 1 is 1.42 bits per heavy atom. The molecule has 1 rings (SSSR count). The third-order valence-corrected chi connectivity index (χ3v) is 1.90. The topological polar surface area (TPSA) is 35.2 Å². The van der Waals surface area contributed by atoms with Gasteiger partial charge >= 0.3 is 0 Å². The number of nitrogens with two attached hydrogens (primary N) is 1. The molecule has 0 aliphatic rings. The molecule has 0 aliphatic carbocycles. The van der Waals surface area contributed by atoms with Crippen molar-refractivity contribution in [3.05, 3.63) is 34.9 Å². The van der Waals surface area contributed by atoms with Gasteiger partial charge in [0, 0.05) is 12.1 Å². The summed E-state index contributed by atoms with van der Waals surface area (Å²) in [5, 5.41) is 0.725. The van der Waals surface area contributed by atoms with E-state index >= 15 is 0 Å². The smallest absolute Gasteiger partial charge is 0.0655 e. The van der Waals surface area contributed by atoms with Crippen molar-refractivity contribution in [2.75, 3.05) is 13.7 Å². The zero-order chi connectivity index (χ0) is 8.97. The van der Waals surface area contributed by atoms with Crippen molar-refractivity contribution >= 4 is 11.6 Å². The van der Waals surface area contributed by atoms with Crippen molar-refractivity contribution in [3.8, 4) is 0 Å². The van der Waals surface area contributed by atoms with Crippen LogP contribution >= 0.6 is 11.6 Å². The molecule has 1 aromatic rings. The summed E-state index contributed by atoms with van der Waals surface area (Å²) in [5.41, 5.74) is 6.83. The van der Waals surface area contributed by atoms with Gasteiger partial charge in [-0.2, -0.15) is 0 Å². The lowest BCUT2D eigenvalue weighted by molar-refractivity contribution is 0.181. The van der Waals surface area contributed by atoms with Crippen molar-refractivity contribution in [3.63, 3.8) is 0 Å². The van der Waals surface area contributed by atoms with Gasteiger partial charge in [0.25, 0.3) is 0 Å². The van der Waals surface area contributed by atoms with Crippen molar-refractivity contribution < 1.29 is 4.74 Å². The second kappa shape index (κ2) is 4.45. The lowest BCUT2D eigenvalue weighted by Crippen LogP contribution is -2.15. The number of halogens is 1. The maximum absolute atomic E-state index is 5.79. The van der Waals surface area contributed by atoms with E-state index in [1.165, 1.54) is 0 Å². The summed E-state index contributed by atoms with van der Waals surface area (Å²) in [4.78, 5) is 0. The van der Waals surface area contributed by atoms with Crippen LogP contribution in [0, 0.1) is 0 Å². The predicted molar refractivity (Wildman–Crippen MR) is 50.3 cm³/mol. The van der Waals surface area contributed by atoms with Crippen molar-refractivity contribution in [1.29, 1.82) is 0 Å². The van der Waals surface area contributed by atoms with Crippen LogP contribution in [0.4, 0.5) is 0 Å². The molecule has 3 heteroatoms. The van der Waals surface area contributed by atoms with Crippen LogP contribution in [0.25, 0.3) is 0 Å². The minimum atomic E-state index is -0.0627. The van der Waals surface area contributed by atoms with Crippen LogP contribution in [0.3, 0.4) is 0 Å². The van der Waals surface area contributed by atoms with Gasteiger partial charge in [-0.15, -0.1) is 0 Å². The van der Waals surface area contributed by atoms with Crippen molar-refractivity contribution in [1.82, 2.24) is 0 Å². The van der Waals surface area contributed by atoms with Gasteiger partial charge in [-0.05, 0) is 17.7 Å². The van der Waals surface area contributed by atoms with E-state index in [-0.39, 0.29) is 6.04 Å². The van der Waals surface area contributed by atoms with Gasteiger partial charge in [0.15, 0.2) is 0 Å².